The molecule has 2 atom stereocenters. The van der Waals surface area contributed by atoms with E-state index in [-0.39, 0.29) is 12.0 Å². The Kier molecular flexibility index (Phi) is 5.80. The summed E-state index contributed by atoms with van der Waals surface area (Å²) in [5, 5.41) is 2.56. The smallest absolute Gasteiger partial charge is 0.261 e. The van der Waals surface area contributed by atoms with Gasteiger partial charge in [0.25, 0.3) is 5.91 Å². The Morgan fingerprint density at radius 1 is 1.06 bits per heavy atom. The highest BCUT2D eigenvalue weighted by atomic mass is 19.1. The van der Waals surface area contributed by atoms with E-state index in [0.717, 1.165) is 41.2 Å². The first kappa shape index (κ1) is 20.7. The number of anilines is 1. The predicted octanol–water partition coefficient (Wildman–Crippen LogP) is 6.11. The molecular formula is C25H22F2N2O2. The van der Waals surface area contributed by atoms with Crippen molar-refractivity contribution in [3.63, 3.8) is 0 Å². The largest absolute Gasteiger partial charge is 0.463 e. The normalized spacial score (nSPS) is 18.3. The summed E-state index contributed by atoms with van der Waals surface area (Å²) in [6.07, 6.45) is 4.58. The van der Waals surface area contributed by atoms with E-state index in [1.54, 1.807) is 18.4 Å². The monoisotopic (exact) mass is 420 g/mol. The highest BCUT2D eigenvalue weighted by Crippen LogP contribution is 2.35. The molecule has 6 heteroatoms. The van der Waals surface area contributed by atoms with Crippen LogP contribution in [0.2, 0.25) is 0 Å². The molecule has 2 heterocycles. The summed E-state index contributed by atoms with van der Waals surface area (Å²) in [5.41, 5.74) is 2.78. The van der Waals surface area contributed by atoms with Crippen molar-refractivity contribution in [2.24, 2.45) is 10.9 Å². The number of hydrogen-bond acceptors (Lipinski definition) is 3. The van der Waals surface area contributed by atoms with E-state index >= 15 is 0 Å². The fraction of sp³-hybridized carbons (Fsp3) is 0.200. The van der Waals surface area contributed by atoms with Gasteiger partial charge in [0.2, 0.25) is 0 Å². The second-order valence-electron chi connectivity index (χ2n) is 7.47. The summed E-state index contributed by atoms with van der Waals surface area (Å²) in [6.45, 7) is 4.21. The minimum absolute atomic E-state index is 0.0912. The molecule has 0 spiro atoms. The Bertz CT molecular complexity index is 1130. The number of benzene rings is 2. The van der Waals surface area contributed by atoms with Crippen molar-refractivity contribution in [2.75, 3.05) is 5.32 Å². The van der Waals surface area contributed by atoms with Gasteiger partial charge in [-0.1, -0.05) is 25.1 Å². The van der Waals surface area contributed by atoms with E-state index in [4.69, 9.17) is 9.41 Å². The van der Waals surface area contributed by atoms with Crippen LogP contribution in [0.3, 0.4) is 0 Å². The summed E-state index contributed by atoms with van der Waals surface area (Å²) in [5.74, 6) is -1.66. The van der Waals surface area contributed by atoms with E-state index in [2.05, 4.69) is 19.2 Å². The van der Waals surface area contributed by atoms with Gasteiger partial charge in [-0.05, 0) is 67.0 Å². The van der Waals surface area contributed by atoms with Crippen LogP contribution in [0.5, 0.6) is 0 Å². The van der Waals surface area contributed by atoms with Crippen molar-refractivity contribution < 1.29 is 18.0 Å². The van der Waals surface area contributed by atoms with Crippen LogP contribution in [0.1, 0.15) is 41.9 Å². The highest BCUT2D eigenvalue weighted by Gasteiger charge is 2.26. The van der Waals surface area contributed by atoms with Gasteiger partial charge in [-0.3, -0.25) is 9.79 Å². The molecule has 4 nitrogen and oxygen atoms in total. The molecule has 0 fully saturated rings. The second-order valence-corrected chi connectivity index (χ2v) is 7.47. The number of halogens is 2. The third-order valence-corrected chi connectivity index (χ3v) is 5.50. The molecule has 0 saturated carbocycles. The summed E-state index contributed by atoms with van der Waals surface area (Å²) < 4.78 is 33.2. The number of rotatable bonds is 5. The molecule has 3 aromatic rings. The maximum absolute atomic E-state index is 13.9. The maximum Gasteiger partial charge on any atom is 0.261 e. The van der Waals surface area contributed by atoms with Gasteiger partial charge in [0.15, 0.2) is 5.76 Å². The fourth-order valence-electron chi connectivity index (χ4n) is 3.93. The first-order valence-corrected chi connectivity index (χ1v) is 10.2. The van der Waals surface area contributed by atoms with Gasteiger partial charge >= 0.3 is 0 Å². The number of carbonyl (C=O) groups is 1. The van der Waals surface area contributed by atoms with E-state index in [0.29, 0.717) is 5.69 Å². The summed E-state index contributed by atoms with van der Waals surface area (Å²) in [4.78, 5) is 17.1. The molecule has 1 aliphatic heterocycles. The third-order valence-electron chi connectivity index (χ3n) is 5.50. The highest BCUT2D eigenvalue weighted by molar-refractivity contribution is 6.12. The molecule has 0 saturated heterocycles. The first-order chi connectivity index (χ1) is 15.0. The Labute approximate surface area is 179 Å². The van der Waals surface area contributed by atoms with Crippen LogP contribution in [-0.4, -0.2) is 17.7 Å². The number of carbonyl (C=O) groups excluding carboxylic acids is 1. The van der Waals surface area contributed by atoms with Crippen molar-refractivity contribution in [1.82, 2.24) is 0 Å². The van der Waals surface area contributed by atoms with Gasteiger partial charge in [-0.25, -0.2) is 8.78 Å². The van der Waals surface area contributed by atoms with Crippen LogP contribution < -0.4 is 5.32 Å². The van der Waals surface area contributed by atoms with Crippen LogP contribution >= 0.6 is 0 Å². The molecular weight excluding hydrogens is 398 g/mol. The summed E-state index contributed by atoms with van der Waals surface area (Å²) in [7, 11) is 0. The molecule has 0 bridgehead atoms. The zero-order valence-corrected chi connectivity index (χ0v) is 17.2. The Hall–Kier alpha value is -3.54. The Morgan fingerprint density at radius 2 is 1.77 bits per heavy atom. The summed E-state index contributed by atoms with van der Waals surface area (Å²) >= 11 is 0. The topological polar surface area (TPSA) is 54.6 Å². The number of dihydropyridines is 1. The van der Waals surface area contributed by atoms with Crippen LogP contribution in [0.25, 0.3) is 5.57 Å². The molecule has 2 unspecified atom stereocenters. The van der Waals surface area contributed by atoms with Gasteiger partial charge in [0.05, 0.1) is 12.3 Å². The molecule has 31 heavy (non-hydrogen) atoms. The second kappa shape index (κ2) is 8.68. The van der Waals surface area contributed by atoms with Crippen LogP contribution in [0.15, 0.2) is 76.3 Å². The zero-order chi connectivity index (χ0) is 22.0. The lowest BCUT2D eigenvalue weighted by Gasteiger charge is -2.28. The zero-order valence-electron chi connectivity index (χ0n) is 17.2. The van der Waals surface area contributed by atoms with Gasteiger partial charge in [-0.15, -0.1) is 0 Å². The van der Waals surface area contributed by atoms with Gasteiger partial charge < -0.3 is 9.73 Å². The molecule has 1 aromatic heterocycles. The van der Waals surface area contributed by atoms with Crippen LogP contribution in [0, 0.1) is 17.6 Å². The number of amides is 1. The molecule has 2 aromatic carbocycles. The van der Waals surface area contributed by atoms with Crippen molar-refractivity contribution in [3.8, 4) is 0 Å². The van der Waals surface area contributed by atoms with Crippen LogP contribution in [-0.2, 0) is 0 Å². The SMILES string of the molecule is CCC1C(c2ccc(NC(=O)c3c(F)cccc3F)cc2)=CC(c2ccco2)=NC1C. The molecule has 1 amide bonds. The lowest BCUT2D eigenvalue weighted by Crippen LogP contribution is -2.23. The number of nitrogens with zero attached hydrogens (tertiary/aromatic N) is 1. The van der Waals surface area contributed by atoms with Crippen LogP contribution in [0.4, 0.5) is 14.5 Å². The standard InChI is InChI=1S/C25H22F2N2O2/c1-3-18-15(2)28-22(23-8-5-13-31-23)14-19(18)16-9-11-17(12-10-16)29-25(30)24-20(26)6-4-7-21(24)27/h4-15,18H,3H2,1-2H3,(H,29,30). The molecule has 0 radical (unpaired) electrons. The van der Waals surface area contributed by atoms with Crippen molar-refractivity contribution >= 4 is 22.9 Å². The van der Waals surface area contributed by atoms with Gasteiger partial charge in [0.1, 0.15) is 22.9 Å². The lowest BCUT2D eigenvalue weighted by atomic mass is 9.82. The van der Waals surface area contributed by atoms with Crippen molar-refractivity contribution in [3.05, 3.63) is 95.5 Å². The van der Waals surface area contributed by atoms with Crippen molar-refractivity contribution in [2.45, 2.75) is 26.3 Å². The van der Waals surface area contributed by atoms with Gasteiger partial charge in [0, 0.05) is 11.6 Å². The summed E-state index contributed by atoms with van der Waals surface area (Å²) in [6, 6.07) is 14.4. The average Bonchev–Trinajstić information content (AvgIpc) is 3.28. The third kappa shape index (κ3) is 4.19. The number of furan rings is 1. The van der Waals surface area contributed by atoms with E-state index in [1.807, 2.05) is 30.3 Å². The lowest BCUT2D eigenvalue weighted by molar-refractivity contribution is 0.101. The number of aliphatic imine (C=N–C) groups is 1. The Morgan fingerprint density at radius 3 is 2.39 bits per heavy atom. The number of hydrogen-bond donors (Lipinski definition) is 1. The number of allylic oxidation sites excluding steroid dienone is 1. The van der Waals surface area contributed by atoms with E-state index in [9.17, 15) is 13.6 Å². The molecule has 1 aliphatic rings. The van der Waals surface area contributed by atoms with E-state index < -0.39 is 23.1 Å². The molecule has 0 aliphatic carbocycles. The van der Waals surface area contributed by atoms with Gasteiger partial charge in [-0.2, -0.15) is 0 Å². The maximum atomic E-state index is 13.9. The Balaban J connectivity index is 1.59. The molecule has 1 N–H and O–H groups in total. The van der Waals surface area contributed by atoms with E-state index in [1.165, 1.54) is 6.07 Å². The minimum Gasteiger partial charge on any atom is -0.463 e. The molecule has 4 rings (SSSR count). The quantitative estimate of drug-likeness (QED) is 0.541. The molecule has 158 valence electrons. The average molecular weight is 420 g/mol. The minimum atomic E-state index is -0.897. The fourth-order valence-corrected chi connectivity index (χ4v) is 3.93. The predicted molar refractivity (Wildman–Crippen MR) is 117 cm³/mol. The van der Waals surface area contributed by atoms with Crippen molar-refractivity contribution in [1.29, 1.82) is 0 Å². The first-order valence-electron chi connectivity index (χ1n) is 10.2. The number of nitrogens with one attached hydrogen (secondary N) is 1.